The molecule has 0 unspecified atom stereocenters. The molecule has 0 aliphatic heterocycles. The molecule has 1 aromatic rings. The highest BCUT2D eigenvalue weighted by molar-refractivity contribution is 9.10. The van der Waals surface area contributed by atoms with Gasteiger partial charge in [-0.1, -0.05) is 29.8 Å². The molecule has 0 radical (unpaired) electrons. The van der Waals surface area contributed by atoms with Crippen LogP contribution in [-0.4, -0.2) is 5.11 Å². The summed E-state index contributed by atoms with van der Waals surface area (Å²) in [5.41, 5.74) is 0.655. The van der Waals surface area contributed by atoms with Gasteiger partial charge in [0.05, 0.1) is 0 Å². The minimum atomic E-state index is -0.565. The second kappa shape index (κ2) is 4.09. The highest BCUT2D eigenvalue weighted by atomic mass is 79.9. The average Bonchev–Trinajstić information content (AvgIpc) is 1.98. The van der Waals surface area contributed by atoms with Crippen molar-refractivity contribution in [3.63, 3.8) is 0 Å². The molecule has 0 aliphatic rings. The van der Waals surface area contributed by atoms with Crippen molar-refractivity contribution < 1.29 is 9.50 Å². The lowest BCUT2D eigenvalue weighted by Crippen LogP contribution is -1.96. The van der Waals surface area contributed by atoms with Gasteiger partial charge in [0.1, 0.15) is 0 Å². The van der Waals surface area contributed by atoms with Crippen LogP contribution in [0.15, 0.2) is 16.6 Å². The lowest BCUT2D eigenvalue weighted by atomic mass is 10.0. The van der Waals surface area contributed by atoms with E-state index >= 15 is 0 Å². The zero-order valence-corrected chi connectivity index (χ0v) is 9.23. The van der Waals surface area contributed by atoms with Crippen molar-refractivity contribution in [3.05, 3.63) is 28.0 Å². The standard InChI is InChI=1S/C10H12BrFO/c1-6(2)3-7-4-8(11)5-9(12)10(7)13/h4-6,13H,3H2,1-2H3. The summed E-state index contributed by atoms with van der Waals surface area (Å²) in [5.74, 6) is -0.387. The van der Waals surface area contributed by atoms with Gasteiger partial charge < -0.3 is 5.11 Å². The molecule has 0 atom stereocenters. The molecule has 1 N–H and O–H groups in total. The molecule has 0 aromatic heterocycles. The molecule has 0 spiro atoms. The molecule has 1 aromatic carbocycles. The maximum absolute atomic E-state index is 13.0. The van der Waals surface area contributed by atoms with E-state index in [0.29, 0.717) is 22.4 Å². The summed E-state index contributed by atoms with van der Waals surface area (Å²) in [7, 11) is 0. The van der Waals surface area contributed by atoms with E-state index in [0.717, 1.165) is 0 Å². The highest BCUT2D eigenvalue weighted by Gasteiger charge is 2.09. The van der Waals surface area contributed by atoms with Crippen molar-refractivity contribution in [1.82, 2.24) is 0 Å². The molecule has 0 aliphatic carbocycles. The first kappa shape index (κ1) is 10.5. The number of hydrogen-bond donors (Lipinski definition) is 1. The molecular weight excluding hydrogens is 235 g/mol. The van der Waals surface area contributed by atoms with E-state index < -0.39 is 5.82 Å². The predicted molar refractivity (Wildman–Crippen MR) is 54.3 cm³/mol. The maximum Gasteiger partial charge on any atom is 0.166 e. The van der Waals surface area contributed by atoms with Crippen molar-refractivity contribution in [3.8, 4) is 5.75 Å². The molecule has 0 amide bonds. The van der Waals surface area contributed by atoms with Crippen LogP contribution in [0.2, 0.25) is 0 Å². The largest absolute Gasteiger partial charge is 0.505 e. The predicted octanol–water partition coefficient (Wildman–Crippen LogP) is 3.49. The molecule has 13 heavy (non-hydrogen) atoms. The van der Waals surface area contributed by atoms with Gasteiger partial charge in [-0.05, 0) is 30.0 Å². The minimum absolute atomic E-state index is 0.225. The lowest BCUT2D eigenvalue weighted by Gasteiger charge is -2.08. The van der Waals surface area contributed by atoms with Gasteiger partial charge in [-0.3, -0.25) is 0 Å². The molecule has 1 nitrogen and oxygen atoms in total. The van der Waals surface area contributed by atoms with Crippen LogP contribution in [0.5, 0.6) is 5.75 Å². The highest BCUT2D eigenvalue weighted by Crippen LogP contribution is 2.27. The van der Waals surface area contributed by atoms with E-state index in [1.165, 1.54) is 6.07 Å². The Hall–Kier alpha value is -0.570. The second-order valence-electron chi connectivity index (χ2n) is 3.49. The van der Waals surface area contributed by atoms with Crippen molar-refractivity contribution >= 4 is 15.9 Å². The topological polar surface area (TPSA) is 20.2 Å². The van der Waals surface area contributed by atoms with Crippen LogP contribution < -0.4 is 0 Å². The molecule has 1 rings (SSSR count). The maximum atomic E-state index is 13.0. The van der Waals surface area contributed by atoms with E-state index in [2.05, 4.69) is 15.9 Å². The number of phenolic OH excluding ortho intramolecular Hbond substituents is 1. The Morgan fingerprint density at radius 1 is 1.46 bits per heavy atom. The third-order valence-corrected chi connectivity index (χ3v) is 2.19. The van der Waals surface area contributed by atoms with Gasteiger partial charge >= 0.3 is 0 Å². The number of phenols is 1. The number of benzene rings is 1. The molecular formula is C10H12BrFO. The van der Waals surface area contributed by atoms with Crippen LogP contribution in [-0.2, 0) is 6.42 Å². The fourth-order valence-corrected chi connectivity index (χ4v) is 1.69. The van der Waals surface area contributed by atoms with Gasteiger partial charge in [0.2, 0.25) is 0 Å². The summed E-state index contributed by atoms with van der Waals surface area (Å²) >= 11 is 3.19. The normalized spacial score (nSPS) is 10.8. The average molecular weight is 247 g/mol. The van der Waals surface area contributed by atoms with Gasteiger partial charge in [-0.15, -0.1) is 0 Å². The van der Waals surface area contributed by atoms with E-state index in [4.69, 9.17) is 0 Å². The molecule has 0 bridgehead atoms. The summed E-state index contributed by atoms with van der Waals surface area (Å²) in [6.07, 6.45) is 0.683. The smallest absolute Gasteiger partial charge is 0.166 e. The third kappa shape index (κ3) is 2.69. The fraction of sp³-hybridized carbons (Fsp3) is 0.400. The molecule has 0 fully saturated rings. The van der Waals surface area contributed by atoms with Gasteiger partial charge in [-0.2, -0.15) is 0 Å². The lowest BCUT2D eigenvalue weighted by molar-refractivity contribution is 0.421. The summed E-state index contributed by atoms with van der Waals surface area (Å²) < 4.78 is 13.7. The number of hydrogen-bond acceptors (Lipinski definition) is 1. The van der Waals surface area contributed by atoms with E-state index in [-0.39, 0.29) is 5.75 Å². The Morgan fingerprint density at radius 2 is 2.08 bits per heavy atom. The number of rotatable bonds is 2. The van der Waals surface area contributed by atoms with E-state index in [9.17, 15) is 9.50 Å². The Balaban J connectivity index is 3.05. The van der Waals surface area contributed by atoms with Crippen LogP contribution in [0.3, 0.4) is 0 Å². The Kier molecular flexibility index (Phi) is 3.31. The summed E-state index contributed by atoms with van der Waals surface area (Å²) in [4.78, 5) is 0. The van der Waals surface area contributed by atoms with Gasteiger partial charge in [-0.25, -0.2) is 4.39 Å². The van der Waals surface area contributed by atoms with E-state index in [1.807, 2.05) is 13.8 Å². The Morgan fingerprint density at radius 3 is 2.62 bits per heavy atom. The van der Waals surface area contributed by atoms with Crippen LogP contribution in [0.4, 0.5) is 4.39 Å². The summed E-state index contributed by atoms with van der Waals surface area (Å²) in [5, 5.41) is 9.38. The first-order chi connectivity index (χ1) is 6.00. The van der Waals surface area contributed by atoms with Crippen LogP contribution in [0.1, 0.15) is 19.4 Å². The molecule has 72 valence electrons. The van der Waals surface area contributed by atoms with Crippen LogP contribution in [0, 0.1) is 11.7 Å². The number of aromatic hydroxyl groups is 1. The Labute approximate surface area is 85.7 Å². The Bertz CT molecular complexity index is 310. The minimum Gasteiger partial charge on any atom is -0.505 e. The van der Waals surface area contributed by atoms with Gasteiger partial charge in [0.15, 0.2) is 11.6 Å². The molecule has 3 heteroatoms. The summed E-state index contributed by atoms with van der Waals surface area (Å²) in [6.45, 7) is 4.05. The van der Waals surface area contributed by atoms with Crippen molar-refractivity contribution in [2.75, 3.05) is 0 Å². The first-order valence-corrected chi connectivity index (χ1v) is 4.97. The zero-order chi connectivity index (χ0) is 10.0. The fourth-order valence-electron chi connectivity index (χ4n) is 1.21. The molecule has 0 saturated heterocycles. The quantitative estimate of drug-likeness (QED) is 0.848. The van der Waals surface area contributed by atoms with Crippen molar-refractivity contribution in [2.45, 2.75) is 20.3 Å². The van der Waals surface area contributed by atoms with Gasteiger partial charge in [0, 0.05) is 4.47 Å². The van der Waals surface area contributed by atoms with Crippen molar-refractivity contribution in [2.24, 2.45) is 5.92 Å². The van der Waals surface area contributed by atoms with Gasteiger partial charge in [0.25, 0.3) is 0 Å². The number of halogens is 2. The third-order valence-electron chi connectivity index (χ3n) is 1.74. The monoisotopic (exact) mass is 246 g/mol. The molecule has 0 heterocycles. The SMILES string of the molecule is CC(C)Cc1cc(Br)cc(F)c1O. The second-order valence-corrected chi connectivity index (χ2v) is 4.41. The van der Waals surface area contributed by atoms with Crippen molar-refractivity contribution in [1.29, 1.82) is 0 Å². The molecule has 0 saturated carbocycles. The van der Waals surface area contributed by atoms with E-state index in [1.54, 1.807) is 6.07 Å². The van der Waals surface area contributed by atoms with Crippen LogP contribution >= 0.6 is 15.9 Å². The van der Waals surface area contributed by atoms with Crippen LogP contribution in [0.25, 0.3) is 0 Å². The zero-order valence-electron chi connectivity index (χ0n) is 7.64. The summed E-state index contributed by atoms with van der Waals surface area (Å²) in [6, 6.07) is 3.01. The first-order valence-electron chi connectivity index (χ1n) is 4.17.